The van der Waals surface area contributed by atoms with E-state index in [1.165, 1.54) is 0 Å². The van der Waals surface area contributed by atoms with Gasteiger partial charge in [-0.15, -0.1) is 0 Å². The minimum atomic E-state index is 0.0873. The van der Waals surface area contributed by atoms with Crippen molar-refractivity contribution in [3.63, 3.8) is 0 Å². The minimum absolute atomic E-state index is 0.0873. The normalized spacial score (nSPS) is 9.59. The Bertz CT molecular complexity index is 402. The third kappa shape index (κ3) is 4.48. The first-order chi connectivity index (χ1) is 8.31. The molecule has 1 aromatic carbocycles. The van der Waals surface area contributed by atoms with Crippen LogP contribution in [0.25, 0.3) is 0 Å². The largest absolute Gasteiger partial charge is 0.497 e. The standard InChI is InChI=1S/C14H18O3/c1-3-17-11-13-10-14(16-2)8-7-12(13)6-4-5-9-15/h7-8,10,15H,3,5,9,11H2,1-2H3. The number of aliphatic hydroxyl groups is 1. The predicted molar refractivity (Wildman–Crippen MR) is 66.9 cm³/mol. The number of hydrogen-bond donors (Lipinski definition) is 1. The van der Waals surface area contributed by atoms with Crippen LogP contribution in [0, 0.1) is 11.8 Å². The van der Waals surface area contributed by atoms with E-state index in [0.717, 1.165) is 16.9 Å². The van der Waals surface area contributed by atoms with Crippen LogP contribution in [0.4, 0.5) is 0 Å². The van der Waals surface area contributed by atoms with Crippen LogP contribution < -0.4 is 4.74 Å². The molecule has 3 heteroatoms. The maximum atomic E-state index is 8.69. The average Bonchev–Trinajstić information content (AvgIpc) is 2.37. The molecule has 1 aromatic rings. The number of hydrogen-bond acceptors (Lipinski definition) is 3. The molecule has 0 aliphatic rings. The lowest BCUT2D eigenvalue weighted by molar-refractivity contribution is 0.133. The third-order valence-electron chi connectivity index (χ3n) is 2.23. The van der Waals surface area contributed by atoms with E-state index in [1.54, 1.807) is 7.11 Å². The first-order valence-corrected chi connectivity index (χ1v) is 5.66. The second-order valence-electron chi connectivity index (χ2n) is 3.44. The molecule has 0 radical (unpaired) electrons. The molecule has 0 saturated heterocycles. The first kappa shape index (κ1) is 13.6. The molecule has 0 aromatic heterocycles. The molecule has 0 spiro atoms. The van der Waals surface area contributed by atoms with Gasteiger partial charge >= 0.3 is 0 Å². The van der Waals surface area contributed by atoms with Gasteiger partial charge in [0, 0.05) is 18.6 Å². The van der Waals surface area contributed by atoms with Crippen molar-refractivity contribution in [2.45, 2.75) is 20.0 Å². The second kappa shape index (κ2) is 7.72. The summed E-state index contributed by atoms with van der Waals surface area (Å²) in [6.45, 7) is 3.23. The molecule has 0 heterocycles. The highest BCUT2D eigenvalue weighted by Gasteiger charge is 2.02. The Morgan fingerprint density at radius 1 is 1.35 bits per heavy atom. The SMILES string of the molecule is CCOCc1cc(OC)ccc1C#CCCO. The molecule has 3 nitrogen and oxygen atoms in total. The number of methoxy groups -OCH3 is 1. The van der Waals surface area contributed by atoms with Gasteiger partial charge in [0.15, 0.2) is 0 Å². The van der Waals surface area contributed by atoms with E-state index in [0.29, 0.717) is 19.6 Å². The third-order valence-corrected chi connectivity index (χ3v) is 2.23. The van der Waals surface area contributed by atoms with Crippen LogP contribution in [0.5, 0.6) is 5.75 Å². The maximum absolute atomic E-state index is 8.69. The maximum Gasteiger partial charge on any atom is 0.119 e. The van der Waals surface area contributed by atoms with Gasteiger partial charge in [-0.3, -0.25) is 0 Å². The minimum Gasteiger partial charge on any atom is -0.497 e. The number of rotatable bonds is 5. The highest BCUT2D eigenvalue weighted by atomic mass is 16.5. The Labute approximate surface area is 102 Å². The van der Waals surface area contributed by atoms with E-state index in [2.05, 4.69) is 11.8 Å². The van der Waals surface area contributed by atoms with E-state index < -0.39 is 0 Å². The van der Waals surface area contributed by atoms with Crippen molar-refractivity contribution >= 4 is 0 Å². The Hall–Kier alpha value is -1.50. The van der Waals surface area contributed by atoms with E-state index in [-0.39, 0.29) is 6.61 Å². The van der Waals surface area contributed by atoms with Crippen molar-refractivity contribution in [2.75, 3.05) is 20.3 Å². The molecule has 0 fully saturated rings. The highest BCUT2D eigenvalue weighted by molar-refractivity contribution is 5.45. The fourth-order valence-corrected chi connectivity index (χ4v) is 1.36. The number of aliphatic hydroxyl groups excluding tert-OH is 1. The topological polar surface area (TPSA) is 38.7 Å². The molecule has 0 unspecified atom stereocenters. The van der Waals surface area contributed by atoms with Crippen molar-refractivity contribution < 1.29 is 14.6 Å². The summed E-state index contributed by atoms with van der Waals surface area (Å²) in [5.74, 6) is 6.74. The van der Waals surface area contributed by atoms with Crippen LogP contribution in [0.1, 0.15) is 24.5 Å². The number of benzene rings is 1. The zero-order valence-corrected chi connectivity index (χ0v) is 10.3. The van der Waals surface area contributed by atoms with Crippen molar-refractivity contribution in [1.29, 1.82) is 0 Å². The molecule has 0 aliphatic heterocycles. The molecule has 1 rings (SSSR count). The molecular weight excluding hydrogens is 216 g/mol. The molecule has 17 heavy (non-hydrogen) atoms. The van der Waals surface area contributed by atoms with Crippen LogP contribution in [0.3, 0.4) is 0 Å². The van der Waals surface area contributed by atoms with Gasteiger partial charge in [0.25, 0.3) is 0 Å². The average molecular weight is 234 g/mol. The monoisotopic (exact) mass is 234 g/mol. The van der Waals surface area contributed by atoms with Crippen LogP contribution in [0.15, 0.2) is 18.2 Å². The lowest BCUT2D eigenvalue weighted by atomic mass is 10.1. The quantitative estimate of drug-likeness (QED) is 0.792. The summed E-state index contributed by atoms with van der Waals surface area (Å²) in [6.07, 6.45) is 0.486. The number of ether oxygens (including phenoxy) is 2. The van der Waals surface area contributed by atoms with Gasteiger partial charge in [-0.25, -0.2) is 0 Å². The second-order valence-corrected chi connectivity index (χ2v) is 3.44. The summed E-state index contributed by atoms with van der Waals surface area (Å²) in [7, 11) is 1.64. The summed E-state index contributed by atoms with van der Waals surface area (Å²) in [5, 5.41) is 8.69. The van der Waals surface area contributed by atoms with Crippen LogP contribution in [0.2, 0.25) is 0 Å². The van der Waals surface area contributed by atoms with Crippen molar-refractivity contribution in [3.05, 3.63) is 29.3 Å². The van der Waals surface area contributed by atoms with Gasteiger partial charge in [-0.05, 0) is 30.7 Å². The summed E-state index contributed by atoms with van der Waals surface area (Å²) < 4.78 is 10.6. The van der Waals surface area contributed by atoms with Crippen molar-refractivity contribution in [1.82, 2.24) is 0 Å². The summed E-state index contributed by atoms with van der Waals surface area (Å²) >= 11 is 0. The van der Waals surface area contributed by atoms with E-state index in [9.17, 15) is 0 Å². The van der Waals surface area contributed by atoms with Crippen LogP contribution in [-0.4, -0.2) is 25.4 Å². The summed E-state index contributed by atoms with van der Waals surface area (Å²) in [4.78, 5) is 0. The molecule has 0 atom stereocenters. The summed E-state index contributed by atoms with van der Waals surface area (Å²) in [6, 6.07) is 5.72. The lowest BCUT2D eigenvalue weighted by Crippen LogP contribution is -1.96. The molecule has 0 saturated carbocycles. The van der Waals surface area contributed by atoms with E-state index in [4.69, 9.17) is 14.6 Å². The summed E-state index contributed by atoms with van der Waals surface area (Å²) in [5.41, 5.74) is 1.93. The van der Waals surface area contributed by atoms with Gasteiger partial charge in [0.05, 0.1) is 20.3 Å². The smallest absolute Gasteiger partial charge is 0.119 e. The molecule has 0 amide bonds. The molecular formula is C14H18O3. The lowest BCUT2D eigenvalue weighted by Gasteiger charge is -2.07. The van der Waals surface area contributed by atoms with E-state index in [1.807, 2.05) is 25.1 Å². The molecule has 92 valence electrons. The Balaban J connectivity index is 2.90. The first-order valence-electron chi connectivity index (χ1n) is 5.66. The predicted octanol–water partition coefficient (Wildman–Crippen LogP) is 1.97. The van der Waals surface area contributed by atoms with Gasteiger partial charge in [-0.1, -0.05) is 11.8 Å². The van der Waals surface area contributed by atoms with E-state index >= 15 is 0 Å². The Kier molecular flexibility index (Phi) is 6.16. The van der Waals surface area contributed by atoms with Crippen LogP contribution in [-0.2, 0) is 11.3 Å². The molecule has 0 aliphatic carbocycles. The Morgan fingerprint density at radius 3 is 2.82 bits per heavy atom. The van der Waals surface area contributed by atoms with Gasteiger partial charge in [0.1, 0.15) is 5.75 Å². The zero-order chi connectivity index (χ0) is 12.5. The Morgan fingerprint density at radius 2 is 2.18 bits per heavy atom. The fourth-order valence-electron chi connectivity index (χ4n) is 1.36. The highest BCUT2D eigenvalue weighted by Crippen LogP contribution is 2.18. The van der Waals surface area contributed by atoms with Gasteiger partial charge in [0.2, 0.25) is 0 Å². The van der Waals surface area contributed by atoms with Crippen molar-refractivity contribution in [2.24, 2.45) is 0 Å². The van der Waals surface area contributed by atoms with Gasteiger partial charge < -0.3 is 14.6 Å². The zero-order valence-electron chi connectivity index (χ0n) is 10.3. The fraction of sp³-hybridized carbons (Fsp3) is 0.429. The van der Waals surface area contributed by atoms with Crippen LogP contribution >= 0.6 is 0 Å². The van der Waals surface area contributed by atoms with Gasteiger partial charge in [-0.2, -0.15) is 0 Å². The van der Waals surface area contributed by atoms with Crippen molar-refractivity contribution in [3.8, 4) is 17.6 Å². The molecule has 0 bridgehead atoms. The molecule has 1 N–H and O–H groups in total.